The molecule has 1 aromatic heterocycles. The molecule has 2 unspecified atom stereocenters. The second-order valence-electron chi connectivity index (χ2n) is 7.43. The molecular formula is C26H26N2O2S2. The van der Waals surface area contributed by atoms with Gasteiger partial charge in [-0.15, -0.1) is 11.3 Å². The van der Waals surface area contributed by atoms with Gasteiger partial charge in [0, 0.05) is 23.4 Å². The molecule has 3 rings (SSSR count). The highest BCUT2D eigenvalue weighted by atomic mass is 32.2. The summed E-state index contributed by atoms with van der Waals surface area (Å²) >= 11 is 1.36. The fourth-order valence-electron chi connectivity index (χ4n) is 2.94. The number of aryl methyl sites for hydroxylation is 1. The van der Waals surface area contributed by atoms with Gasteiger partial charge in [0.05, 0.1) is 10.9 Å². The van der Waals surface area contributed by atoms with Gasteiger partial charge in [-0.05, 0) is 49.3 Å². The van der Waals surface area contributed by atoms with Crippen molar-refractivity contribution in [3.05, 3.63) is 101 Å². The maximum absolute atomic E-state index is 12.9. The first kappa shape index (κ1) is 23.7. The van der Waals surface area contributed by atoms with E-state index in [-0.39, 0.29) is 5.92 Å². The maximum Gasteiger partial charge on any atom is 0.138 e. The smallest absolute Gasteiger partial charge is 0.138 e. The molecule has 0 saturated carbocycles. The van der Waals surface area contributed by atoms with Crippen LogP contribution in [0.5, 0.6) is 0 Å². The van der Waals surface area contributed by atoms with Crippen LogP contribution in [-0.4, -0.2) is 16.5 Å². The fourth-order valence-corrected chi connectivity index (χ4v) is 5.06. The molecule has 6 heteroatoms. The van der Waals surface area contributed by atoms with Crippen molar-refractivity contribution in [3.63, 3.8) is 0 Å². The minimum atomic E-state index is -1.52. The van der Waals surface area contributed by atoms with E-state index in [1.807, 2.05) is 74.7 Å². The molecule has 4 nitrogen and oxygen atoms in total. The predicted octanol–water partition coefficient (Wildman–Crippen LogP) is 4.78. The Balaban J connectivity index is 1.68. The Morgan fingerprint density at radius 1 is 1.16 bits per heavy atom. The molecular weight excluding hydrogens is 436 g/mol. The number of hydrogen-bond acceptors (Lipinski definition) is 4. The van der Waals surface area contributed by atoms with Crippen LogP contribution in [0, 0.1) is 24.7 Å². The van der Waals surface area contributed by atoms with Gasteiger partial charge in [0.2, 0.25) is 0 Å². The summed E-state index contributed by atoms with van der Waals surface area (Å²) < 4.78 is 16.5. The lowest BCUT2D eigenvalue weighted by Crippen LogP contribution is -2.38. The van der Waals surface area contributed by atoms with Gasteiger partial charge < -0.3 is 10.1 Å². The van der Waals surface area contributed by atoms with Crippen LogP contribution in [0.1, 0.15) is 29.3 Å². The molecule has 0 saturated heterocycles. The average Bonchev–Trinajstić information content (AvgIpc) is 3.30. The largest absolute Gasteiger partial charge is 0.362 e. The minimum absolute atomic E-state index is 0.188. The summed E-state index contributed by atoms with van der Waals surface area (Å²) in [5.74, 6) is 6.05. The Morgan fingerprint density at radius 3 is 2.66 bits per heavy atom. The van der Waals surface area contributed by atoms with Crippen molar-refractivity contribution in [2.24, 2.45) is 5.92 Å². The molecule has 1 aliphatic rings. The molecule has 1 aromatic carbocycles. The van der Waals surface area contributed by atoms with Crippen molar-refractivity contribution in [2.75, 3.05) is 0 Å². The highest BCUT2D eigenvalue weighted by Crippen LogP contribution is 2.21. The Hall–Kier alpha value is -2.98. The topological polar surface area (TPSA) is 58.2 Å². The maximum atomic E-state index is 12.9. The van der Waals surface area contributed by atoms with Crippen LogP contribution in [0.4, 0.5) is 0 Å². The first-order valence-electron chi connectivity index (χ1n) is 10.3. The van der Waals surface area contributed by atoms with Crippen molar-refractivity contribution in [1.29, 1.82) is 0 Å². The van der Waals surface area contributed by atoms with Gasteiger partial charge in [-0.25, -0.2) is 8.93 Å². The summed E-state index contributed by atoms with van der Waals surface area (Å²) in [6.45, 7) is 7.90. The van der Waals surface area contributed by atoms with E-state index in [0.29, 0.717) is 4.21 Å². The van der Waals surface area contributed by atoms with Gasteiger partial charge >= 0.3 is 0 Å². The quantitative estimate of drug-likeness (QED) is 0.480. The van der Waals surface area contributed by atoms with E-state index in [0.717, 1.165) is 34.4 Å². The summed E-state index contributed by atoms with van der Waals surface area (Å²) in [6, 6.07) is 11.0. The van der Waals surface area contributed by atoms with E-state index >= 15 is 0 Å². The normalized spacial score (nSPS) is 19.9. The zero-order chi connectivity index (χ0) is 22.9. The van der Waals surface area contributed by atoms with Crippen LogP contribution in [0.3, 0.4) is 0 Å². The first-order valence-corrected chi connectivity index (χ1v) is 12.2. The SMILES string of the molecule is C=C1/C=C\C/C=C/C(C(C)[C@H](C=O)NS(=O)c2ccc(C#Cc3ccc(C)cc3)s2)=C\N1. The molecule has 0 spiro atoms. The van der Waals surface area contributed by atoms with Crippen molar-refractivity contribution in [1.82, 2.24) is 10.0 Å². The van der Waals surface area contributed by atoms with Gasteiger partial charge in [0.1, 0.15) is 21.5 Å². The molecule has 164 valence electrons. The second-order valence-corrected chi connectivity index (χ2v) is 9.98. The number of nitrogens with one attached hydrogen (secondary N) is 2. The Bertz CT molecular complexity index is 1140. The van der Waals surface area contributed by atoms with Crippen LogP contribution in [0.2, 0.25) is 0 Å². The van der Waals surface area contributed by atoms with Gasteiger partial charge in [-0.3, -0.25) is 0 Å². The molecule has 3 atom stereocenters. The van der Waals surface area contributed by atoms with E-state index in [4.69, 9.17) is 0 Å². The third-order valence-corrected chi connectivity index (χ3v) is 7.41. The standard InChI is InChI=1S/C26H26N2O2S2/c1-19-9-11-22(12-10-19)13-14-24-15-16-26(31-24)32(30)28-25(18-29)21(3)23-8-6-4-5-7-20(2)27-17-23/h5-12,15-18,21,25,27-28H,2,4H2,1,3H3/b7-5-,8-6+,23-17+/t21?,25-,32?/m0/s1. The zero-order valence-electron chi connectivity index (χ0n) is 18.1. The van der Waals surface area contributed by atoms with Gasteiger partial charge in [-0.1, -0.05) is 61.3 Å². The summed E-state index contributed by atoms with van der Waals surface area (Å²) in [7, 11) is -1.52. The van der Waals surface area contributed by atoms with E-state index in [1.54, 1.807) is 6.07 Å². The molecule has 0 aliphatic carbocycles. The molecule has 2 heterocycles. The summed E-state index contributed by atoms with van der Waals surface area (Å²) in [6.07, 6.45) is 11.3. The number of allylic oxidation sites excluding steroid dienone is 4. The predicted molar refractivity (Wildman–Crippen MR) is 133 cm³/mol. The molecule has 1 aliphatic heterocycles. The van der Waals surface area contributed by atoms with Crippen LogP contribution < -0.4 is 10.0 Å². The highest BCUT2D eigenvalue weighted by molar-refractivity contribution is 7.85. The lowest BCUT2D eigenvalue weighted by molar-refractivity contribution is -0.109. The molecule has 2 N–H and O–H groups in total. The van der Waals surface area contributed by atoms with Crippen LogP contribution in [0.15, 0.2) is 89.0 Å². The lowest BCUT2D eigenvalue weighted by Gasteiger charge is -2.21. The third kappa shape index (κ3) is 6.76. The number of hydrogen-bond donors (Lipinski definition) is 2. The Kier molecular flexibility index (Phi) is 8.57. The second kappa shape index (κ2) is 11.6. The summed E-state index contributed by atoms with van der Waals surface area (Å²) in [5, 5.41) is 3.13. The van der Waals surface area contributed by atoms with Crippen molar-refractivity contribution >= 4 is 28.6 Å². The van der Waals surface area contributed by atoms with Gasteiger partial charge in [0.15, 0.2) is 0 Å². The first-order chi connectivity index (χ1) is 15.5. The monoisotopic (exact) mass is 462 g/mol. The molecule has 0 fully saturated rings. The average molecular weight is 463 g/mol. The zero-order valence-corrected chi connectivity index (χ0v) is 19.8. The number of carbonyl (C=O) groups excluding carboxylic acids is 1. The summed E-state index contributed by atoms with van der Waals surface area (Å²) in [5.41, 5.74) is 3.82. The van der Waals surface area contributed by atoms with Gasteiger partial charge in [-0.2, -0.15) is 0 Å². The van der Waals surface area contributed by atoms with Crippen molar-refractivity contribution in [3.8, 4) is 11.8 Å². The lowest BCUT2D eigenvalue weighted by atomic mass is 9.94. The number of benzene rings is 1. The number of rotatable bonds is 6. The number of carbonyl (C=O) groups is 1. The Labute approximate surface area is 196 Å². The fraction of sp³-hybridized carbons (Fsp3) is 0.192. The van der Waals surface area contributed by atoms with E-state index in [9.17, 15) is 9.00 Å². The van der Waals surface area contributed by atoms with E-state index < -0.39 is 17.0 Å². The molecule has 0 radical (unpaired) electrons. The number of aldehydes is 1. The molecule has 2 aromatic rings. The van der Waals surface area contributed by atoms with Crippen LogP contribution >= 0.6 is 11.3 Å². The third-order valence-electron chi connectivity index (χ3n) is 4.93. The van der Waals surface area contributed by atoms with Crippen molar-refractivity contribution < 1.29 is 9.00 Å². The van der Waals surface area contributed by atoms with E-state index in [1.165, 1.54) is 16.9 Å². The summed E-state index contributed by atoms with van der Waals surface area (Å²) in [4.78, 5) is 12.6. The Morgan fingerprint density at radius 2 is 1.91 bits per heavy atom. The molecule has 0 bridgehead atoms. The molecule has 0 amide bonds. The molecule has 32 heavy (non-hydrogen) atoms. The van der Waals surface area contributed by atoms with Crippen LogP contribution in [0.25, 0.3) is 0 Å². The highest BCUT2D eigenvalue weighted by Gasteiger charge is 2.22. The number of thiophene rings is 1. The van der Waals surface area contributed by atoms with Gasteiger partial charge in [0.25, 0.3) is 0 Å². The minimum Gasteiger partial charge on any atom is -0.362 e. The van der Waals surface area contributed by atoms with Crippen molar-refractivity contribution in [2.45, 2.75) is 30.5 Å². The van der Waals surface area contributed by atoms with Crippen LogP contribution in [-0.2, 0) is 15.8 Å². The van der Waals surface area contributed by atoms with E-state index in [2.05, 4.69) is 28.5 Å².